The number of amides is 1. The van der Waals surface area contributed by atoms with Gasteiger partial charge in [-0.3, -0.25) is 9.59 Å². The molecule has 0 aliphatic heterocycles. The summed E-state index contributed by atoms with van der Waals surface area (Å²) in [6.45, 7) is 2.25. The number of hydrogen-bond donors (Lipinski definition) is 3. The fourth-order valence-electron chi connectivity index (χ4n) is 3.45. The average Bonchev–Trinajstić information content (AvgIpc) is 2.67. The molecule has 6 nitrogen and oxygen atoms in total. The number of carboxylic acid groups (broad SMARTS) is 2. The van der Waals surface area contributed by atoms with E-state index in [2.05, 4.69) is 12.2 Å². The van der Waals surface area contributed by atoms with E-state index < -0.39 is 18.0 Å². The zero-order valence-electron chi connectivity index (χ0n) is 20.4. The normalized spacial score (nSPS) is 11.5. The van der Waals surface area contributed by atoms with Gasteiger partial charge in [0.15, 0.2) is 0 Å². The molecule has 3 N–H and O–H groups in total. The van der Waals surface area contributed by atoms with Crippen LogP contribution < -0.4 is 24.2 Å². The largest absolute Gasteiger partial charge is 1.00 e. The molecule has 0 aromatic rings. The number of carbonyl (C=O) groups is 3. The Morgan fingerprint density at radius 3 is 1.47 bits per heavy atom. The Bertz CT molecular complexity index is 452. The summed E-state index contributed by atoms with van der Waals surface area (Å²) in [5.74, 6) is -2.55. The number of carbonyl (C=O) groups excluding carboxylic acids is 1. The molecular formula is C23H44LiNO5. The third-order valence-corrected chi connectivity index (χ3v) is 5.29. The van der Waals surface area contributed by atoms with Crippen LogP contribution in [-0.4, -0.2) is 34.1 Å². The molecule has 0 radical (unpaired) electrons. The minimum absolute atomic E-state index is 0. The van der Waals surface area contributed by atoms with E-state index in [-0.39, 0.29) is 39.0 Å². The van der Waals surface area contributed by atoms with E-state index in [1.54, 1.807) is 0 Å². The minimum atomic E-state index is -1.18. The van der Waals surface area contributed by atoms with Crippen molar-refractivity contribution in [2.24, 2.45) is 0 Å². The second-order valence-electron chi connectivity index (χ2n) is 8.09. The fraction of sp³-hybridized carbons (Fsp3) is 0.870. The van der Waals surface area contributed by atoms with Crippen molar-refractivity contribution in [3.05, 3.63) is 0 Å². The van der Waals surface area contributed by atoms with Crippen LogP contribution in [0.2, 0.25) is 0 Å². The Morgan fingerprint density at radius 2 is 1.10 bits per heavy atom. The molecule has 0 saturated heterocycles. The first-order chi connectivity index (χ1) is 14.0. The van der Waals surface area contributed by atoms with Gasteiger partial charge in [-0.2, -0.15) is 0 Å². The van der Waals surface area contributed by atoms with Crippen LogP contribution in [0.3, 0.4) is 0 Å². The van der Waals surface area contributed by atoms with Gasteiger partial charge in [-0.1, -0.05) is 96.8 Å². The van der Waals surface area contributed by atoms with Crippen molar-refractivity contribution in [1.82, 2.24) is 5.32 Å². The number of rotatable bonds is 21. The van der Waals surface area contributed by atoms with Crippen LogP contribution in [0.4, 0.5) is 0 Å². The van der Waals surface area contributed by atoms with Crippen LogP contribution in [-0.2, 0) is 14.4 Å². The molecule has 0 aliphatic carbocycles. The first-order valence-electron chi connectivity index (χ1n) is 11.7. The standard InChI is InChI=1S/C23H43NO5.Li.H/c1-2-3-4-5-6-7-8-9-10-11-12-13-14-15-16-17-21(25)24-20(23(28)29)18-19-22(26)27;;/h20H,2-19H2,1H3,(H,24,25)(H,26,27)(H,28,29);;/q;+1;-1/t20-;;/m0../s1. The van der Waals surface area contributed by atoms with E-state index in [1.165, 1.54) is 77.0 Å². The van der Waals surface area contributed by atoms with Crippen LogP contribution in [0.25, 0.3) is 0 Å². The first-order valence-corrected chi connectivity index (χ1v) is 11.7. The predicted octanol–water partition coefficient (Wildman–Crippen LogP) is 2.80. The summed E-state index contributed by atoms with van der Waals surface area (Å²) in [4.78, 5) is 33.4. The maximum atomic E-state index is 11.8. The SMILES string of the molecule is CCCCCCCCCCCCCCCCCC(=O)N[C@@H](CCC(=O)O)C(=O)O.[H-].[Li+]. The number of nitrogens with one attached hydrogen (secondary N) is 1. The molecule has 0 fully saturated rings. The van der Waals surface area contributed by atoms with Crippen molar-refractivity contribution in [3.63, 3.8) is 0 Å². The summed E-state index contributed by atoms with van der Waals surface area (Å²) in [5.41, 5.74) is 0. The fourth-order valence-corrected chi connectivity index (χ4v) is 3.45. The van der Waals surface area contributed by atoms with Crippen LogP contribution in [0.15, 0.2) is 0 Å². The molecule has 172 valence electrons. The summed E-state index contributed by atoms with van der Waals surface area (Å²) >= 11 is 0. The molecule has 7 heteroatoms. The average molecular weight is 422 g/mol. The van der Waals surface area contributed by atoms with Crippen molar-refractivity contribution in [3.8, 4) is 0 Å². The summed E-state index contributed by atoms with van der Waals surface area (Å²) < 4.78 is 0. The van der Waals surface area contributed by atoms with E-state index in [0.717, 1.165) is 19.3 Å². The van der Waals surface area contributed by atoms with Gasteiger partial charge < -0.3 is 17.0 Å². The van der Waals surface area contributed by atoms with Crippen LogP contribution in [0.5, 0.6) is 0 Å². The Morgan fingerprint density at radius 1 is 0.700 bits per heavy atom. The number of unbranched alkanes of at least 4 members (excludes halogenated alkanes) is 14. The number of carboxylic acids is 2. The van der Waals surface area contributed by atoms with Crippen molar-refractivity contribution in [2.45, 2.75) is 129 Å². The molecule has 0 heterocycles. The Hall–Kier alpha value is -0.993. The van der Waals surface area contributed by atoms with Gasteiger partial charge in [-0.15, -0.1) is 0 Å². The van der Waals surface area contributed by atoms with Crippen LogP contribution in [0.1, 0.15) is 124 Å². The minimum Gasteiger partial charge on any atom is -1.00 e. The quantitative estimate of drug-likeness (QED) is 0.195. The monoisotopic (exact) mass is 421 g/mol. The van der Waals surface area contributed by atoms with E-state index in [0.29, 0.717) is 6.42 Å². The Labute approximate surface area is 196 Å². The molecule has 0 bridgehead atoms. The van der Waals surface area contributed by atoms with Crippen molar-refractivity contribution < 1.29 is 44.9 Å². The number of aliphatic carboxylic acids is 2. The smallest absolute Gasteiger partial charge is 1.00 e. The molecule has 0 saturated carbocycles. The van der Waals surface area contributed by atoms with Crippen LogP contribution >= 0.6 is 0 Å². The van der Waals surface area contributed by atoms with Gasteiger partial charge in [0, 0.05) is 12.8 Å². The molecule has 0 aromatic heterocycles. The summed E-state index contributed by atoms with van der Waals surface area (Å²) in [6.07, 6.45) is 18.8. The molecular weight excluding hydrogens is 377 g/mol. The maximum Gasteiger partial charge on any atom is 1.00 e. The molecule has 1 atom stereocenters. The Balaban J connectivity index is -0.00000392. The van der Waals surface area contributed by atoms with E-state index in [9.17, 15) is 14.4 Å². The van der Waals surface area contributed by atoms with Crippen molar-refractivity contribution in [2.75, 3.05) is 0 Å². The second-order valence-corrected chi connectivity index (χ2v) is 8.09. The molecule has 0 rings (SSSR count). The van der Waals surface area contributed by atoms with Gasteiger partial charge >= 0.3 is 30.8 Å². The van der Waals surface area contributed by atoms with Gasteiger partial charge in [0.25, 0.3) is 0 Å². The Kier molecular flexibility index (Phi) is 23.6. The summed E-state index contributed by atoms with van der Waals surface area (Å²) in [6, 6.07) is -1.12. The first kappa shape index (κ1) is 31.2. The molecule has 0 spiro atoms. The van der Waals surface area contributed by atoms with Crippen molar-refractivity contribution >= 4 is 17.8 Å². The third-order valence-electron chi connectivity index (χ3n) is 5.29. The van der Waals surface area contributed by atoms with E-state index >= 15 is 0 Å². The molecule has 0 aliphatic rings. The molecule has 0 unspecified atom stereocenters. The number of hydrogen-bond acceptors (Lipinski definition) is 3. The van der Waals surface area contributed by atoms with E-state index in [4.69, 9.17) is 10.2 Å². The molecule has 1 amide bonds. The van der Waals surface area contributed by atoms with Gasteiger partial charge in [0.05, 0.1) is 0 Å². The molecule has 30 heavy (non-hydrogen) atoms. The third kappa shape index (κ3) is 21.7. The maximum absolute atomic E-state index is 11.8. The van der Waals surface area contributed by atoms with Gasteiger partial charge in [0.2, 0.25) is 5.91 Å². The predicted molar refractivity (Wildman–Crippen MR) is 117 cm³/mol. The summed E-state index contributed by atoms with van der Waals surface area (Å²) in [7, 11) is 0. The van der Waals surface area contributed by atoms with Gasteiger partial charge in [-0.05, 0) is 12.8 Å². The van der Waals surface area contributed by atoms with Crippen molar-refractivity contribution in [1.29, 1.82) is 0 Å². The molecule has 0 aromatic carbocycles. The zero-order valence-corrected chi connectivity index (χ0v) is 19.4. The van der Waals surface area contributed by atoms with Gasteiger partial charge in [-0.25, -0.2) is 4.79 Å². The summed E-state index contributed by atoms with van der Waals surface area (Å²) in [5, 5.41) is 20.1. The topological polar surface area (TPSA) is 104 Å². The zero-order chi connectivity index (χ0) is 21.7. The van der Waals surface area contributed by atoms with Gasteiger partial charge in [0.1, 0.15) is 6.04 Å². The van der Waals surface area contributed by atoms with Crippen LogP contribution in [0, 0.1) is 0 Å². The van der Waals surface area contributed by atoms with E-state index in [1.807, 2.05) is 0 Å². The second kappa shape index (κ2) is 22.7.